The molecule has 2 atom stereocenters. The molecule has 4 rings (SSSR count). The van der Waals surface area contributed by atoms with E-state index < -0.39 is 47.5 Å². The van der Waals surface area contributed by atoms with E-state index in [4.69, 9.17) is 0 Å². The van der Waals surface area contributed by atoms with Crippen LogP contribution in [0.4, 0.5) is 27.6 Å². The number of hydrogen-bond donors (Lipinski definition) is 2. The normalized spacial score (nSPS) is 21.3. The summed E-state index contributed by atoms with van der Waals surface area (Å²) in [6.07, 6.45) is -4.05. The van der Waals surface area contributed by atoms with Crippen LogP contribution < -0.4 is 10.6 Å². The highest BCUT2D eigenvalue weighted by Gasteiger charge is 2.44. The number of halogens is 5. The second-order valence-corrected chi connectivity index (χ2v) is 7.22. The molecular formula is C18H16F5N5O2. The Labute approximate surface area is 166 Å². The minimum absolute atomic E-state index is 0.0339. The number of benzene rings is 1. The van der Waals surface area contributed by atoms with E-state index in [9.17, 15) is 31.5 Å². The Bertz CT molecular complexity index is 1020. The third-order valence-electron chi connectivity index (χ3n) is 5.17. The van der Waals surface area contributed by atoms with Crippen LogP contribution in [0.2, 0.25) is 0 Å². The third-order valence-corrected chi connectivity index (χ3v) is 5.17. The number of carbonyl (C=O) groups excluding carboxylic acids is 2. The third kappa shape index (κ3) is 3.73. The topological polar surface area (TPSA) is 88.9 Å². The Kier molecular flexibility index (Phi) is 4.94. The van der Waals surface area contributed by atoms with E-state index in [1.54, 1.807) is 0 Å². The van der Waals surface area contributed by atoms with E-state index in [1.807, 2.05) is 0 Å². The molecular weight excluding hydrogens is 413 g/mol. The molecule has 1 unspecified atom stereocenters. The van der Waals surface area contributed by atoms with Crippen LogP contribution in [0, 0.1) is 11.6 Å². The number of anilines is 1. The van der Waals surface area contributed by atoms with Gasteiger partial charge in [0.2, 0.25) is 11.7 Å². The first-order valence-corrected chi connectivity index (χ1v) is 9.25. The van der Waals surface area contributed by atoms with Crippen LogP contribution in [-0.2, 0) is 17.6 Å². The van der Waals surface area contributed by atoms with Crippen molar-refractivity contribution in [3.63, 3.8) is 0 Å². The Hall–Kier alpha value is -3.05. The second kappa shape index (κ2) is 7.33. The summed E-state index contributed by atoms with van der Waals surface area (Å²) in [4.78, 5) is 28.8. The van der Waals surface area contributed by atoms with Gasteiger partial charge in [-0.05, 0) is 37.3 Å². The van der Waals surface area contributed by atoms with E-state index in [-0.39, 0.29) is 49.2 Å². The predicted octanol–water partition coefficient (Wildman–Crippen LogP) is 2.68. The Morgan fingerprint density at radius 2 is 1.97 bits per heavy atom. The van der Waals surface area contributed by atoms with E-state index >= 15 is 0 Å². The van der Waals surface area contributed by atoms with Crippen molar-refractivity contribution in [1.82, 2.24) is 20.1 Å². The highest BCUT2D eigenvalue weighted by atomic mass is 19.4. The van der Waals surface area contributed by atoms with Gasteiger partial charge >= 0.3 is 6.18 Å². The Morgan fingerprint density at radius 3 is 2.70 bits per heavy atom. The Balaban J connectivity index is 1.52. The maximum Gasteiger partial charge on any atom is 0.410 e. The fraction of sp³-hybridized carbons (Fsp3) is 0.444. The fourth-order valence-corrected chi connectivity index (χ4v) is 3.72. The monoisotopic (exact) mass is 429 g/mol. The molecule has 1 aromatic carbocycles. The highest BCUT2D eigenvalue weighted by Crippen LogP contribution is 2.37. The number of carbonyl (C=O) groups is 2. The first-order chi connectivity index (χ1) is 14.1. The van der Waals surface area contributed by atoms with E-state index in [1.165, 1.54) is 0 Å². The van der Waals surface area contributed by atoms with Gasteiger partial charge in [0, 0.05) is 12.5 Å². The van der Waals surface area contributed by atoms with Gasteiger partial charge < -0.3 is 10.6 Å². The minimum Gasteiger partial charge on any atom is -0.337 e. The summed E-state index contributed by atoms with van der Waals surface area (Å²) in [6, 6.07) is -1.25. The quantitative estimate of drug-likeness (QED) is 0.719. The maximum atomic E-state index is 13.9. The zero-order valence-corrected chi connectivity index (χ0v) is 15.4. The van der Waals surface area contributed by atoms with Crippen molar-refractivity contribution in [2.75, 3.05) is 5.32 Å². The van der Waals surface area contributed by atoms with Crippen LogP contribution in [0.25, 0.3) is 0 Å². The summed E-state index contributed by atoms with van der Waals surface area (Å²) in [5, 5.41) is 8.39. The molecule has 1 aromatic heterocycles. The lowest BCUT2D eigenvalue weighted by molar-refractivity contribution is -0.174. The molecule has 0 bridgehead atoms. The number of amides is 2. The number of nitrogens with one attached hydrogen (secondary N) is 2. The van der Waals surface area contributed by atoms with Gasteiger partial charge in [-0.25, -0.2) is 18.4 Å². The molecule has 7 nitrogen and oxygen atoms in total. The number of fused-ring (bicyclic) bond motifs is 2. The van der Waals surface area contributed by atoms with Gasteiger partial charge in [-0.3, -0.25) is 9.59 Å². The molecule has 2 aliphatic rings. The average molecular weight is 429 g/mol. The van der Waals surface area contributed by atoms with Crippen molar-refractivity contribution >= 4 is 17.5 Å². The molecule has 30 heavy (non-hydrogen) atoms. The van der Waals surface area contributed by atoms with Crippen molar-refractivity contribution in [2.24, 2.45) is 0 Å². The van der Waals surface area contributed by atoms with Crippen LogP contribution in [0.5, 0.6) is 0 Å². The number of hydrogen-bond acceptors (Lipinski definition) is 4. The predicted molar refractivity (Wildman–Crippen MR) is 92.6 cm³/mol. The molecule has 0 aliphatic carbocycles. The molecule has 160 valence electrons. The van der Waals surface area contributed by atoms with Crippen molar-refractivity contribution in [3.8, 4) is 0 Å². The van der Waals surface area contributed by atoms with Crippen LogP contribution >= 0.6 is 0 Å². The van der Waals surface area contributed by atoms with Gasteiger partial charge in [-0.2, -0.15) is 13.2 Å². The molecule has 0 fully saturated rings. The summed E-state index contributed by atoms with van der Waals surface area (Å²) in [5.41, 5.74) is 0.0722. The molecule has 2 N–H and O–H groups in total. The first kappa shape index (κ1) is 20.2. The summed E-state index contributed by atoms with van der Waals surface area (Å²) in [7, 11) is 0. The molecule has 2 amide bonds. The zero-order chi connectivity index (χ0) is 21.6. The first-order valence-electron chi connectivity index (χ1n) is 9.25. The highest BCUT2D eigenvalue weighted by molar-refractivity contribution is 6.00. The largest absolute Gasteiger partial charge is 0.410 e. The van der Waals surface area contributed by atoms with Crippen LogP contribution in [0.15, 0.2) is 12.1 Å². The van der Waals surface area contributed by atoms with Gasteiger partial charge in [0.25, 0.3) is 5.91 Å². The summed E-state index contributed by atoms with van der Waals surface area (Å²) in [6.45, 7) is 0. The van der Waals surface area contributed by atoms with Crippen molar-refractivity contribution in [1.29, 1.82) is 0 Å². The van der Waals surface area contributed by atoms with Crippen molar-refractivity contribution in [2.45, 2.75) is 50.4 Å². The number of alkyl halides is 3. The molecule has 0 radical (unpaired) electrons. The number of nitrogens with zero attached hydrogens (tertiary/aromatic N) is 3. The minimum atomic E-state index is -4.52. The van der Waals surface area contributed by atoms with E-state index in [0.717, 1.165) is 6.07 Å². The standard InChI is InChI=1S/C18H16F5N5O2/c19-9-6-8-4-5-11(16(29)26-14(8)10(20)7-9)24-17(30)15-25-13-3-1-2-12(18(21,22)23)28(13)27-15/h6-7,11-12H,1-5H2,(H,24,30)(H,26,29)/t11-,12?/m0/s1. The fourth-order valence-electron chi connectivity index (χ4n) is 3.72. The smallest absolute Gasteiger partial charge is 0.337 e. The Morgan fingerprint density at radius 1 is 1.20 bits per heavy atom. The summed E-state index contributed by atoms with van der Waals surface area (Å²) >= 11 is 0. The summed E-state index contributed by atoms with van der Waals surface area (Å²) < 4.78 is 67.6. The van der Waals surface area contributed by atoms with E-state index in [0.29, 0.717) is 10.7 Å². The van der Waals surface area contributed by atoms with Crippen molar-refractivity contribution < 1.29 is 31.5 Å². The maximum absolute atomic E-state index is 13.9. The molecule has 0 saturated heterocycles. The average Bonchev–Trinajstić information content (AvgIpc) is 3.04. The molecule has 0 saturated carbocycles. The van der Waals surface area contributed by atoms with Gasteiger partial charge in [-0.1, -0.05) is 0 Å². The van der Waals surface area contributed by atoms with Crippen LogP contribution in [0.1, 0.15) is 47.3 Å². The summed E-state index contributed by atoms with van der Waals surface area (Å²) in [5.74, 6) is -3.82. The molecule has 2 aromatic rings. The lowest BCUT2D eigenvalue weighted by Gasteiger charge is -2.25. The van der Waals surface area contributed by atoms with E-state index in [2.05, 4.69) is 20.7 Å². The lowest BCUT2D eigenvalue weighted by Crippen LogP contribution is -2.43. The number of rotatable bonds is 2. The van der Waals surface area contributed by atoms with Gasteiger partial charge in [-0.15, -0.1) is 5.10 Å². The molecule has 12 heteroatoms. The van der Waals surface area contributed by atoms with Crippen LogP contribution in [0.3, 0.4) is 0 Å². The van der Waals surface area contributed by atoms with Crippen molar-refractivity contribution in [3.05, 3.63) is 41.0 Å². The number of aromatic nitrogens is 3. The number of aryl methyl sites for hydroxylation is 2. The SMILES string of the molecule is O=C(N[C@H]1CCc2cc(F)cc(F)c2NC1=O)c1nc2n(n1)C(C(F)(F)F)CCC2. The molecule has 3 heterocycles. The lowest BCUT2D eigenvalue weighted by atomic mass is 10.1. The van der Waals surface area contributed by atoms with Gasteiger partial charge in [0.15, 0.2) is 0 Å². The second-order valence-electron chi connectivity index (χ2n) is 7.22. The van der Waals surface area contributed by atoms with Crippen LogP contribution in [-0.4, -0.2) is 38.8 Å². The van der Waals surface area contributed by atoms with Gasteiger partial charge in [0.05, 0.1) is 5.69 Å². The zero-order valence-electron chi connectivity index (χ0n) is 15.4. The van der Waals surface area contributed by atoms with Gasteiger partial charge in [0.1, 0.15) is 29.5 Å². The molecule has 0 spiro atoms. The molecule has 2 aliphatic heterocycles.